The van der Waals surface area contributed by atoms with Crippen molar-refractivity contribution in [1.82, 2.24) is 19.9 Å². The number of hydrogen-bond acceptors (Lipinski definition) is 8. The predicted octanol–water partition coefficient (Wildman–Crippen LogP) is 2.13. The molecule has 3 aromatic rings. The lowest BCUT2D eigenvalue weighted by atomic mass is 10.3. The van der Waals surface area contributed by atoms with Crippen LogP contribution in [-0.2, 0) is 11.2 Å². The number of rotatable bonds is 5. The van der Waals surface area contributed by atoms with Gasteiger partial charge in [0.15, 0.2) is 10.3 Å². The fraction of sp³-hybridized carbons (Fsp3) is 0.143. The van der Waals surface area contributed by atoms with Crippen LogP contribution in [0, 0.1) is 6.92 Å². The molecule has 0 aliphatic heterocycles. The van der Waals surface area contributed by atoms with Crippen molar-refractivity contribution in [1.29, 1.82) is 0 Å². The summed E-state index contributed by atoms with van der Waals surface area (Å²) in [6.45, 7) is 1.86. The van der Waals surface area contributed by atoms with Crippen LogP contribution in [0.15, 0.2) is 29.2 Å². The molecule has 24 heavy (non-hydrogen) atoms. The van der Waals surface area contributed by atoms with Crippen LogP contribution in [0.3, 0.4) is 0 Å². The normalized spacial score (nSPS) is 10.4. The van der Waals surface area contributed by atoms with E-state index in [9.17, 15) is 9.59 Å². The van der Waals surface area contributed by atoms with Crippen LogP contribution in [0.5, 0.6) is 0 Å². The summed E-state index contributed by atoms with van der Waals surface area (Å²) in [6, 6.07) is 1.63. The molecule has 0 fully saturated rings. The van der Waals surface area contributed by atoms with Crippen molar-refractivity contribution in [2.75, 3.05) is 10.6 Å². The lowest BCUT2D eigenvalue weighted by molar-refractivity contribution is -0.115. The summed E-state index contributed by atoms with van der Waals surface area (Å²) in [7, 11) is 0. The summed E-state index contributed by atoms with van der Waals surface area (Å²) >= 11 is 2.60. The van der Waals surface area contributed by atoms with Crippen molar-refractivity contribution in [3.8, 4) is 0 Å². The molecular formula is C14H12N6O2S2. The number of amides is 2. The molecule has 122 valence electrons. The first-order chi connectivity index (χ1) is 11.6. The van der Waals surface area contributed by atoms with Gasteiger partial charge in [0.05, 0.1) is 17.8 Å². The van der Waals surface area contributed by atoms with Gasteiger partial charge in [0, 0.05) is 23.2 Å². The molecule has 0 aliphatic rings. The summed E-state index contributed by atoms with van der Waals surface area (Å²) in [6.07, 6.45) is 3.08. The minimum Gasteiger partial charge on any atom is -0.302 e. The maximum atomic E-state index is 12.0. The third kappa shape index (κ3) is 4.18. The van der Waals surface area contributed by atoms with E-state index in [-0.39, 0.29) is 18.2 Å². The minimum absolute atomic E-state index is 0.0612. The molecule has 3 rings (SSSR count). The number of carbonyl (C=O) groups excluding carboxylic acids is 2. The Bertz CT molecular complexity index is 861. The van der Waals surface area contributed by atoms with E-state index in [4.69, 9.17) is 0 Å². The van der Waals surface area contributed by atoms with E-state index < -0.39 is 5.91 Å². The fourth-order valence-corrected chi connectivity index (χ4v) is 3.16. The number of aromatic nitrogens is 4. The Balaban J connectivity index is 1.57. The van der Waals surface area contributed by atoms with Gasteiger partial charge < -0.3 is 5.32 Å². The molecule has 3 aromatic heterocycles. The van der Waals surface area contributed by atoms with Gasteiger partial charge in [-0.25, -0.2) is 19.9 Å². The predicted molar refractivity (Wildman–Crippen MR) is 91.3 cm³/mol. The number of thiazole rings is 2. The first-order valence-electron chi connectivity index (χ1n) is 6.85. The number of hydrogen-bond donors (Lipinski definition) is 2. The highest BCUT2D eigenvalue weighted by Gasteiger charge is 2.13. The smallest absolute Gasteiger partial charge is 0.295 e. The van der Waals surface area contributed by atoms with Gasteiger partial charge in [0.25, 0.3) is 5.91 Å². The summed E-state index contributed by atoms with van der Waals surface area (Å²) in [4.78, 5) is 40.0. The van der Waals surface area contributed by atoms with E-state index >= 15 is 0 Å². The number of aryl methyl sites for hydroxylation is 1. The topological polar surface area (TPSA) is 110 Å². The van der Waals surface area contributed by atoms with Crippen molar-refractivity contribution < 1.29 is 9.59 Å². The summed E-state index contributed by atoms with van der Waals surface area (Å²) in [5, 5.41) is 9.84. The monoisotopic (exact) mass is 360 g/mol. The standard InChI is InChI=1S/C14H12N6O2S2/c1-8-6-23-13(17-8)19-10(21)5-9-7-24-14(18-9)20-12(22)11-15-3-2-4-16-11/h2-4,6-7H,5H2,1H3,(H,17,19,21)(H,18,20,22). The molecule has 0 saturated heterocycles. The van der Waals surface area contributed by atoms with E-state index in [0.717, 1.165) is 5.69 Å². The second-order valence-corrected chi connectivity index (χ2v) is 6.41. The molecule has 0 unspecified atom stereocenters. The van der Waals surface area contributed by atoms with Crippen molar-refractivity contribution in [2.24, 2.45) is 0 Å². The Morgan fingerprint density at radius 2 is 1.75 bits per heavy atom. The molecule has 3 heterocycles. The molecule has 0 spiro atoms. The zero-order valence-corrected chi connectivity index (χ0v) is 14.1. The van der Waals surface area contributed by atoms with Gasteiger partial charge in [0.1, 0.15) is 0 Å². The Morgan fingerprint density at radius 3 is 2.46 bits per heavy atom. The molecule has 8 nitrogen and oxygen atoms in total. The Morgan fingerprint density at radius 1 is 1.04 bits per heavy atom. The van der Waals surface area contributed by atoms with Gasteiger partial charge in [0.2, 0.25) is 11.7 Å². The van der Waals surface area contributed by atoms with Gasteiger partial charge in [-0.3, -0.25) is 14.9 Å². The van der Waals surface area contributed by atoms with Crippen LogP contribution >= 0.6 is 22.7 Å². The molecule has 0 saturated carbocycles. The molecule has 2 N–H and O–H groups in total. The van der Waals surface area contributed by atoms with Crippen LogP contribution in [0.25, 0.3) is 0 Å². The molecule has 2 amide bonds. The fourth-order valence-electron chi connectivity index (χ4n) is 1.75. The maximum Gasteiger partial charge on any atom is 0.295 e. The third-order valence-corrected chi connectivity index (χ3v) is 4.43. The highest BCUT2D eigenvalue weighted by molar-refractivity contribution is 7.14. The van der Waals surface area contributed by atoms with E-state index in [1.807, 2.05) is 12.3 Å². The summed E-state index contributed by atoms with van der Waals surface area (Å²) in [5.41, 5.74) is 1.42. The molecule has 0 aromatic carbocycles. The van der Waals surface area contributed by atoms with Crippen LogP contribution < -0.4 is 10.6 Å². The van der Waals surface area contributed by atoms with Crippen LogP contribution in [-0.4, -0.2) is 31.8 Å². The molecular weight excluding hydrogens is 348 g/mol. The first kappa shape index (κ1) is 16.1. The lowest BCUT2D eigenvalue weighted by Gasteiger charge is -2.00. The molecule has 0 aliphatic carbocycles. The van der Waals surface area contributed by atoms with E-state index in [2.05, 4.69) is 30.6 Å². The number of anilines is 2. The van der Waals surface area contributed by atoms with Crippen molar-refractivity contribution in [3.05, 3.63) is 46.4 Å². The van der Waals surface area contributed by atoms with E-state index in [1.54, 1.807) is 11.4 Å². The molecule has 0 radical (unpaired) electrons. The second kappa shape index (κ2) is 7.23. The average Bonchev–Trinajstić information content (AvgIpc) is 3.17. The van der Waals surface area contributed by atoms with Crippen molar-refractivity contribution in [3.63, 3.8) is 0 Å². The van der Waals surface area contributed by atoms with Gasteiger partial charge in [-0.15, -0.1) is 22.7 Å². The number of nitrogens with one attached hydrogen (secondary N) is 2. The second-order valence-electron chi connectivity index (χ2n) is 4.69. The Kier molecular flexibility index (Phi) is 4.87. The SMILES string of the molecule is Cc1csc(NC(=O)Cc2csc(NC(=O)c3ncccn3)n2)n1. The zero-order valence-electron chi connectivity index (χ0n) is 12.5. The van der Waals surface area contributed by atoms with Crippen molar-refractivity contribution in [2.45, 2.75) is 13.3 Å². The molecule has 0 bridgehead atoms. The summed E-state index contributed by atoms with van der Waals surface area (Å²) < 4.78 is 0. The van der Waals surface area contributed by atoms with Crippen molar-refractivity contribution >= 4 is 44.8 Å². The zero-order chi connectivity index (χ0) is 16.9. The maximum absolute atomic E-state index is 12.0. The highest BCUT2D eigenvalue weighted by Crippen LogP contribution is 2.18. The molecule has 0 atom stereocenters. The molecule has 10 heteroatoms. The van der Waals surface area contributed by atoms with Gasteiger partial charge in [-0.2, -0.15) is 0 Å². The number of nitrogens with zero attached hydrogens (tertiary/aromatic N) is 4. The lowest BCUT2D eigenvalue weighted by Crippen LogP contribution is -2.16. The van der Waals surface area contributed by atoms with Crippen LogP contribution in [0.1, 0.15) is 22.0 Å². The minimum atomic E-state index is -0.445. The summed E-state index contributed by atoms with van der Waals surface area (Å²) in [5.74, 6) is -0.593. The van der Waals surface area contributed by atoms with Crippen LogP contribution in [0.2, 0.25) is 0 Å². The highest BCUT2D eigenvalue weighted by atomic mass is 32.1. The Hall–Kier alpha value is -2.72. The Labute approximate surface area is 145 Å². The van der Waals surface area contributed by atoms with Gasteiger partial charge in [-0.05, 0) is 13.0 Å². The van der Waals surface area contributed by atoms with E-state index in [0.29, 0.717) is 16.0 Å². The van der Waals surface area contributed by atoms with Gasteiger partial charge >= 0.3 is 0 Å². The van der Waals surface area contributed by atoms with Gasteiger partial charge in [-0.1, -0.05) is 0 Å². The van der Waals surface area contributed by atoms with E-state index in [1.165, 1.54) is 35.1 Å². The quantitative estimate of drug-likeness (QED) is 0.721. The third-order valence-electron chi connectivity index (χ3n) is 2.75. The number of carbonyl (C=O) groups is 2. The van der Waals surface area contributed by atoms with Crippen LogP contribution in [0.4, 0.5) is 10.3 Å². The largest absolute Gasteiger partial charge is 0.302 e. The average molecular weight is 360 g/mol. The first-order valence-corrected chi connectivity index (χ1v) is 8.61.